The van der Waals surface area contributed by atoms with Gasteiger partial charge in [0, 0.05) is 27.0 Å². The van der Waals surface area contributed by atoms with Crippen molar-refractivity contribution >= 4 is 72.1 Å². The van der Waals surface area contributed by atoms with Gasteiger partial charge in [-0.3, -0.25) is 9.13 Å². The summed E-state index contributed by atoms with van der Waals surface area (Å²) < 4.78 is 5.54. The van der Waals surface area contributed by atoms with Crippen molar-refractivity contribution in [3.63, 3.8) is 0 Å². The van der Waals surface area contributed by atoms with E-state index in [0.29, 0.717) is 5.46 Å². The molecule has 0 atom stereocenters. The zero-order valence-electron chi connectivity index (χ0n) is 42.0. The molecule has 12 aromatic carbocycles. The molecule has 0 fully saturated rings. The third-order valence-electron chi connectivity index (χ3n) is 15.1. The third-order valence-corrected chi connectivity index (χ3v) is 15.6. The van der Waals surface area contributed by atoms with Gasteiger partial charge in [0.15, 0.2) is 0 Å². The molecule has 14 aromatic rings. The fourth-order valence-corrected chi connectivity index (χ4v) is 12.1. The Morgan fingerprint density at radius 3 is 1.26 bits per heavy atom. The fourth-order valence-electron chi connectivity index (χ4n) is 11.7. The molecule has 2 heterocycles. The van der Waals surface area contributed by atoms with Crippen LogP contribution in [0.15, 0.2) is 271 Å². The van der Waals surface area contributed by atoms with Crippen molar-refractivity contribution in [2.75, 3.05) is 0 Å². The summed E-state index contributed by atoms with van der Waals surface area (Å²) in [4.78, 5) is 9.87. The number of rotatable bonds is 6. The van der Waals surface area contributed by atoms with Gasteiger partial charge in [0.05, 0.1) is 22.1 Å². The second-order valence-corrected chi connectivity index (χ2v) is 20.5. The van der Waals surface area contributed by atoms with E-state index in [0.717, 1.165) is 71.5 Å². The second kappa shape index (κ2) is 19.6. The Bertz CT molecular complexity index is 4570. The van der Waals surface area contributed by atoms with Gasteiger partial charge >= 0.3 is 7.12 Å². The first kappa shape index (κ1) is 47.0. The normalized spacial score (nSPS) is 11.5. The molecular weight excluding hydrogens is 1020 g/mol. The van der Waals surface area contributed by atoms with Crippen molar-refractivity contribution in [1.29, 1.82) is 0 Å². The first-order chi connectivity index (χ1) is 38.5. The van der Waals surface area contributed by atoms with Gasteiger partial charge in [-0.1, -0.05) is 228 Å². The molecule has 0 saturated carbocycles. The number of halogens is 1. The molecule has 0 unspecified atom stereocenters. The number of para-hydroxylation sites is 4. The summed E-state index contributed by atoms with van der Waals surface area (Å²) in [7, 11) is -1.44. The van der Waals surface area contributed by atoms with Crippen LogP contribution in [0, 0.1) is 0 Å². The minimum absolute atomic E-state index is 0.563. The molecule has 0 bridgehead atoms. The van der Waals surface area contributed by atoms with E-state index < -0.39 is 7.12 Å². The summed E-state index contributed by atoms with van der Waals surface area (Å²) in [6.07, 6.45) is 0. The molecule has 6 nitrogen and oxygen atoms in total. The van der Waals surface area contributed by atoms with Gasteiger partial charge in [-0.05, 0) is 137 Å². The van der Waals surface area contributed by atoms with E-state index in [1.807, 2.05) is 78.9 Å². The van der Waals surface area contributed by atoms with E-state index in [4.69, 9.17) is 9.97 Å². The fraction of sp³-hybridized carbons (Fsp3) is 0. The zero-order valence-corrected chi connectivity index (χ0v) is 43.6. The molecule has 2 aromatic heterocycles. The number of hydrogen-bond donors (Lipinski definition) is 2. The van der Waals surface area contributed by atoms with Crippen LogP contribution in [-0.4, -0.2) is 36.3 Å². The maximum atomic E-state index is 9.50. The van der Waals surface area contributed by atoms with Crippen LogP contribution in [0.1, 0.15) is 0 Å². The third kappa shape index (κ3) is 8.05. The molecule has 2 aliphatic rings. The van der Waals surface area contributed by atoms with Crippen molar-refractivity contribution in [2.45, 2.75) is 0 Å². The molecule has 8 heteroatoms. The van der Waals surface area contributed by atoms with Gasteiger partial charge in [-0.25, -0.2) is 9.97 Å². The maximum absolute atomic E-state index is 9.50. The zero-order chi connectivity index (χ0) is 52.3. The molecule has 0 radical (unpaired) electrons. The van der Waals surface area contributed by atoms with Gasteiger partial charge in [0.2, 0.25) is 0 Å². The topological polar surface area (TPSA) is 76.1 Å². The Labute approximate surface area is 459 Å². The lowest BCUT2D eigenvalue weighted by Crippen LogP contribution is -2.30. The lowest BCUT2D eigenvalue weighted by atomic mass is 9.76. The summed E-state index contributed by atoms with van der Waals surface area (Å²) in [6.45, 7) is 0. The van der Waals surface area contributed by atoms with Crippen LogP contribution in [-0.2, 0) is 0 Å². The molecule has 16 rings (SSSR count). The van der Waals surface area contributed by atoms with Gasteiger partial charge in [0.25, 0.3) is 0 Å². The molecule has 0 spiro atoms. The van der Waals surface area contributed by atoms with Crippen LogP contribution in [0.2, 0.25) is 0 Å². The summed E-state index contributed by atoms with van der Waals surface area (Å²) in [6, 6.07) is 92.6. The summed E-state index contributed by atoms with van der Waals surface area (Å²) in [5, 5.41) is 23.7. The molecule has 0 amide bonds. The summed E-state index contributed by atoms with van der Waals surface area (Å²) in [5.74, 6) is 1.91. The Balaban J connectivity index is 0.000000115. The predicted octanol–water partition coefficient (Wildman–Crippen LogP) is 16.8. The first-order valence-electron chi connectivity index (χ1n) is 26.1. The molecule has 368 valence electrons. The average molecular weight is 1070 g/mol. The van der Waals surface area contributed by atoms with E-state index in [2.05, 4.69) is 207 Å². The molecule has 2 aliphatic carbocycles. The second-order valence-electron chi connectivity index (χ2n) is 19.6. The van der Waals surface area contributed by atoms with Crippen molar-refractivity contribution in [3.05, 3.63) is 271 Å². The predicted molar refractivity (Wildman–Crippen MR) is 326 cm³/mol. The number of benzene rings is 12. The van der Waals surface area contributed by atoms with Crippen LogP contribution >= 0.6 is 15.9 Å². The highest BCUT2D eigenvalue weighted by Gasteiger charge is 2.26. The Morgan fingerprint density at radius 1 is 0.321 bits per heavy atom. The van der Waals surface area contributed by atoms with E-state index in [1.54, 1.807) is 6.07 Å². The maximum Gasteiger partial charge on any atom is 0.489 e. The van der Waals surface area contributed by atoms with E-state index >= 15 is 0 Å². The summed E-state index contributed by atoms with van der Waals surface area (Å²) in [5.41, 5.74) is 21.7. The number of nitrogens with zero attached hydrogens (tertiary/aromatic N) is 4. The highest BCUT2D eigenvalue weighted by atomic mass is 79.9. The highest BCUT2D eigenvalue weighted by molar-refractivity contribution is 9.10. The van der Waals surface area contributed by atoms with E-state index in [9.17, 15) is 10.0 Å². The van der Waals surface area contributed by atoms with Crippen LogP contribution in [0.25, 0.3) is 133 Å². The Hall–Kier alpha value is -9.44. The lowest BCUT2D eigenvalue weighted by Gasteiger charge is -2.13. The SMILES string of the molecule is Brc1cccc(-n2c(-c3ccccc3)nc3ccccc32)c1.OB(O)c1ccc2c3c(cccc13)-c1ccccc1-2.c1ccc(-c2nc3ccccc3n2-c2cccc(-c3ccc4c5c(cccc35)-c3ccccc3-4)c2)cc1. The number of fused-ring (bicyclic) bond motifs is 8. The Morgan fingerprint density at radius 2 is 0.718 bits per heavy atom. The largest absolute Gasteiger partial charge is 0.489 e. The average Bonchev–Trinajstić information content (AvgIpc) is 4.44. The lowest BCUT2D eigenvalue weighted by molar-refractivity contribution is 0.426. The molecule has 2 N–H and O–H groups in total. The van der Waals surface area contributed by atoms with Crippen molar-refractivity contribution in [2.24, 2.45) is 0 Å². The number of hydrogen-bond acceptors (Lipinski definition) is 4. The van der Waals surface area contributed by atoms with E-state index in [-0.39, 0.29) is 0 Å². The number of imidazole rings is 2. The van der Waals surface area contributed by atoms with Gasteiger partial charge in [0.1, 0.15) is 11.6 Å². The Kier molecular flexibility index (Phi) is 11.8. The van der Waals surface area contributed by atoms with Crippen LogP contribution < -0.4 is 5.46 Å². The minimum Gasteiger partial charge on any atom is -0.423 e. The van der Waals surface area contributed by atoms with Crippen molar-refractivity contribution < 1.29 is 10.0 Å². The molecule has 0 saturated heterocycles. The standard InChI is InChI=1S/C35H22N2.C19H13BrN2.C16H11BO2/c1-2-10-23(11-3-1)35-36-32-18-6-7-19-33(32)37(35)25-13-8-12-24(22-25)26-20-21-31-28-15-5-4-14-27(28)30-17-9-16-29(26)34(30)31;20-15-9-6-10-16(13-15)22-18-12-5-4-11-17(18)21-19(22)14-7-2-1-3-8-14;18-17(19)15-9-8-13-11-5-2-1-4-10(11)12-6-3-7-14(15)16(12)13/h1-22H;1-13H;1-9,18-19H. The molecule has 78 heavy (non-hydrogen) atoms. The first-order valence-corrected chi connectivity index (χ1v) is 26.9. The van der Waals surface area contributed by atoms with Gasteiger partial charge in [-0.15, -0.1) is 0 Å². The van der Waals surface area contributed by atoms with E-state index in [1.165, 1.54) is 66.4 Å². The van der Waals surface area contributed by atoms with Crippen LogP contribution in [0.3, 0.4) is 0 Å². The van der Waals surface area contributed by atoms with Crippen LogP contribution in [0.5, 0.6) is 0 Å². The summed E-state index contributed by atoms with van der Waals surface area (Å²) >= 11 is 3.56. The highest BCUT2D eigenvalue weighted by Crippen LogP contribution is 2.50. The number of aromatic nitrogens is 4. The quantitative estimate of drug-likeness (QED) is 0.163. The van der Waals surface area contributed by atoms with Crippen molar-refractivity contribution in [1.82, 2.24) is 19.1 Å². The minimum atomic E-state index is -1.44. The monoisotopic (exact) mass is 1060 g/mol. The smallest absolute Gasteiger partial charge is 0.423 e. The van der Waals surface area contributed by atoms with Gasteiger partial charge in [-0.2, -0.15) is 0 Å². The van der Waals surface area contributed by atoms with Gasteiger partial charge < -0.3 is 10.0 Å². The molecular formula is C70H46BBrN4O2. The van der Waals surface area contributed by atoms with Crippen LogP contribution in [0.4, 0.5) is 0 Å². The van der Waals surface area contributed by atoms with Crippen molar-refractivity contribution in [3.8, 4) is 89.8 Å². The molecule has 0 aliphatic heterocycles.